The quantitative estimate of drug-likeness (QED) is 0.763. The van der Waals surface area contributed by atoms with Gasteiger partial charge in [0.1, 0.15) is 0 Å². The van der Waals surface area contributed by atoms with E-state index in [-0.39, 0.29) is 5.91 Å². The van der Waals surface area contributed by atoms with Gasteiger partial charge in [0, 0.05) is 32.7 Å². The Balaban J connectivity index is 1.34. The van der Waals surface area contributed by atoms with Crippen LogP contribution in [0.25, 0.3) is 6.08 Å². The molecule has 1 amide bonds. The normalized spacial score (nSPS) is 19.6. The number of aliphatic imine (C=N–C) groups is 1. The van der Waals surface area contributed by atoms with Crippen LogP contribution in [-0.2, 0) is 11.3 Å². The minimum absolute atomic E-state index is 0.123. The molecule has 4 rings (SSSR count). The summed E-state index contributed by atoms with van der Waals surface area (Å²) in [6.45, 7) is 6.82. The minimum atomic E-state index is -0.123. The largest absolute Gasteiger partial charge is 0.348 e. The summed E-state index contributed by atoms with van der Waals surface area (Å²) in [7, 11) is 0. The van der Waals surface area contributed by atoms with E-state index in [0.717, 1.165) is 43.5 Å². The van der Waals surface area contributed by atoms with Gasteiger partial charge in [0.15, 0.2) is 5.17 Å². The number of hydrogen-bond donors (Lipinski definition) is 0. The van der Waals surface area contributed by atoms with E-state index in [1.165, 1.54) is 22.9 Å². The zero-order valence-corrected chi connectivity index (χ0v) is 16.3. The molecule has 2 aromatic carbocycles. The molecule has 2 aliphatic rings. The third-order valence-electron chi connectivity index (χ3n) is 4.88. The number of amides is 1. The second kappa shape index (κ2) is 8.11. The van der Waals surface area contributed by atoms with Crippen LogP contribution in [0.15, 0.2) is 64.5 Å². The Hall–Kier alpha value is -2.37. The van der Waals surface area contributed by atoms with Gasteiger partial charge < -0.3 is 4.90 Å². The highest BCUT2D eigenvalue weighted by Gasteiger charge is 2.28. The summed E-state index contributed by atoms with van der Waals surface area (Å²) in [5, 5.41) is 0.845. The van der Waals surface area contributed by atoms with Crippen LogP contribution in [0.2, 0.25) is 0 Å². The van der Waals surface area contributed by atoms with Gasteiger partial charge in [0.2, 0.25) is 0 Å². The second-order valence-corrected chi connectivity index (χ2v) is 7.98. The van der Waals surface area contributed by atoms with Gasteiger partial charge in [-0.2, -0.15) is 4.99 Å². The summed E-state index contributed by atoms with van der Waals surface area (Å²) >= 11 is 1.50. The highest BCUT2D eigenvalue weighted by molar-refractivity contribution is 8.18. The van der Waals surface area contributed by atoms with Crippen LogP contribution < -0.4 is 0 Å². The average molecular weight is 378 g/mol. The fraction of sp³-hybridized carbons (Fsp3) is 0.273. The maximum atomic E-state index is 12.3. The number of nitrogens with zero attached hydrogens (tertiary/aromatic N) is 3. The van der Waals surface area contributed by atoms with Crippen LogP contribution in [0.5, 0.6) is 0 Å². The molecule has 0 aliphatic carbocycles. The van der Waals surface area contributed by atoms with Crippen molar-refractivity contribution in [2.75, 3.05) is 26.2 Å². The number of rotatable bonds is 3. The van der Waals surface area contributed by atoms with Crippen molar-refractivity contribution in [1.82, 2.24) is 9.80 Å². The predicted octanol–water partition coefficient (Wildman–Crippen LogP) is 3.78. The van der Waals surface area contributed by atoms with E-state index < -0.39 is 0 Å². The summed E-state index contributed by atoms with van der Waals surface area (Å²) in [4.78, 5) is 22.0. The molecule has 138 valence electrons. The topological polar surface area (TPSA) is 35.9 Å². The average Bonchev–Trinajstić information content (AvgIpc) is 3.05. The highest BCUT2D eigenvalue weighted by Crippen LogP contribution is 2.30. The Morgan fingerprint density at radius 1 is 1.00 bits per heavy atom. The molecule has 0 N–H and O–H groups in total. The molecule has 2 aliphatic heterocycles. The third-order valence-corrected chi connectivity index (χ3v) is 5.92. The fourth-order valence-corrected chi connectivity index (χ4v) is 4.25. The number of carbonyl (C=O) groups excluding carboxylic acids is 1. The number of amidine groups is 1. The fourth-order valence-electron chi connectivity index (χ4n) is 3.29. The van der Waals surface area contributed by atoms with Crippen LogP contribution in [-0.4, -0.2) is 47.1 Å². The van der Waals surface area contributed by atoms with Gasteiger partial charge in [0.25, 0.3) is 5.91 Å². The number of aryl methyl sites for hydroxylation is 1. The van der Waals surface area contributed by atoms with E-state index in [9.17, 15) is 4.79 Å². The van der Waals surface area contributed by atoms with E-state index in [1.807, 2.05) is 18.2 Å². The predicted molar refractivity (Wildman–Crippen MR) is 112 cm³/mol. The van der Waals surface area contributed by atoms with Crippen LogP contribution in [0.3, 0.4) is 0 Å². The summed E-state index contributed by atoms with van der Waals surface area (Å²) in [6.07, 6.45) is 1.94. The molecule has 27 heavy (non-hydrogen) atoms. The highest BCUT2D eigenvalue weighted by atomic mass is 32.2. The number of thioether (sulfide) groups is 1. The van der Waals surface area contributed by atoms with E-state index in [4.69, 9.17) is 0 Å². The molecule has 0 aromatic heterocycles. The van der Waals surface area contributed by atoms with E-state index >= 15 is 0 Å². The maximum Gasteiger partial charge on any atom is 0.286 e. The first-order valence-electron chi connectivity index (χ1n) is 9.28. The Morgan fingerprint density at radius 3 is 2.41 bits per heavy atom. The van der Waals surface area contributed by atoms with Crippen molar-refractivity contribution in [2.24, 2.45) is 4.99 Å². The summed E-state index contributed by atoms with van der Waals surface area (Å²) in [6, 6.07) is 18.8. The molecule has 0 unspecified atom stereocenters. The third kappa shape index (κ3) is 4.49. The van der Waals surface area contributed by atoms with Gasteiger partial charge in [-0.25, -0.2) is 0 Å². The first-order chi connectivity index (χ1) is 13.2. The SMILES string of the molecule is Cc1ccc(/C=C2/SC(N3CCN(Cc4ccccc4)CC3)=NC2=O)cc1. The molecule has 0 atom stereocenters. The second-order valence-electron chi connectivity index (χ2n) is 6.97. The van der Waals surface area contributed by atoms with Gasteiger partial charge in [-0.1, -0.05) is 60.2 Å². The zero-order chi connectivity index (χ0) is 18.6. The molecule has 1 saturated heterocycles. The minimum Gasteiger partial charge on any atom is -0.348 e. The van der Waals surface area contributed by atoms with Gasteiger partial charge in [-0.15, -0.1) is 0 Å². The lowest BCUT2D eigenvalue weighted by Gasteiger charge is -2.35. The van der Waals surface area contributed by atoms with E-state index in [0.29, 0.717) is 4.91 Å². The first kappa shape index (κ1) is 18.0. The van der Waals surface area contributed by atoms with Gasteiger partial charge in [-0.3, -0.25) is 9.69 Å². The van der Waals surface area contributed by atoms with Crippen LogP contribution in [0.4, 0.5) is 0 Å². The molecule has 0 spiro atoms. The lowest BCUT2D eigenvalue weighted by Crippen LogP contribution is -2.47. The number of piperazine rings is 1. The van der Waals surface area contributed by atoms with Crippen molar-refractivity contribution >= 4 is 28.9 Å². The lowest BCUT2D eigenvalue weighted by molar-refractivity contribution is -0.113. The number of benzene rings is 2. The van der Waals surface area contributed by atoms with Crippen molar-refractivity contribution in [3.05, 3.63) is 76.2 Å². The van der Waals surface area contributed by atoms with Crippen LogP contribution in [0, 0.1) is 6.92 Å². The summed E-state index contributed by atoms with van der Waals surface area (Å²) < 4.78 is 0. The molecule has 0 bridgehead atoms. The van der Waals surface area contributed by atoms with E-state index in [1.54, 1.807) is 0 Å². The van der Waals surface area contributed by atoms with E-state index in [2.05, 4.69) is 64.2 Å². The number of carbonyl (C=O) groups is 1. The molecule has 2 aromatic rings. The molecule has 2 heterocycles. The van der Waals surface area contributed by atoms with Crippen molar-refractivity contribution in [3.63, 3.8) is 0 Å². The van der Waals surface area contributed by atoms with Crippen molar-refractivity contribution in [2.45, 2.75) is 13.5 Å². The van der Waals surface area contributed by atoms with Crippen LogP contribution in [0.1, 0.15) is 16.7 Å². The number of hydrogen-bond acceptors (Lipinski definition) is 4. The monoisotopic (exact) mass is 377 g/mol. The lowest BCUT2D eigenvalue weighted by atomic mass is 10.1. The summed E-state index contributed by atoms with van der Waals surface area (Å²) in [5.41, 5.74) is 3.60. The molecule has 4 nitrogen and oxygen atoms in total. The van der Waals surface area contributed by atoms with Gasteiger partial charge >= 0.3 is 0 Å². The molecule has 5 heteroatoms. The first-order valence-corrected chi connectivity index (χ1v) is 10.1. The van der Waals surface area contributed by atoms with Gasteiger partial charge in [0.05, 0.1) is 4.91 Å². The molecular formula is C22H23N3OS. The molecular weight excluding hydrogens is 354 g/mol. The zero-order valence-electron chi connectivity index (χ0n) is 15.5. The molecule has 0 saturated carbocycles. The Morgan fingerprint density at radius 2 is 1.70 bits per heavy atom. The van der Waals surface area contributed by atoms with Crippen LogP contribution >= 0.6 is 11.8 Å². The standard InChI is InChI=1S/C22H23N3OS/c1-17-7-9-18(10-8-17)15-20-21(26)23-22(27-20)25-13-11-24(12-14-25)16-19-5-3-2-4-6-19/h2-10,15H,11-14,16H2,1H3/b20-15+. The Labute approximate surface area is 164 Å². The van der Waals surface area contributed by atoms with Crippen molar-refractivity contribution < 1.29 is 4.79 Å². The maximum absolute atomic E-state index is 12.3. The smallest absolute Gasteiger partial charge is 0.286 e. The Bertz CT molecular complexity index is 866. The van der Waals surface area contributed by atoms with Crippen molar-refractivity contribution in [3.8, 4) is 0 Å². The van der Waals surface area contributed by atoms with Gasteiger partial charge in [-0.05, 0) is 35.9 Å². The Kier molecular flexibility index (Phi) is 5.41. The molecule has 0 radical (unpaired) electrons. The summed E-state index contributed by atoms with van der Waals surface area (Å²) in [5.74, 6) is -0.123. The van der Waals surface area contributed by atoms with Crippen molar-refractivity contribution in [1.29, 1.82) is 0 Å². The molecule has 1 fully saturated rings.